The molecule has 0 aliphatic rings. The highest BCUT2D eigenvalue weighted by molar-refractivity contribution is 5.76. The SMILES string of the molecule is CC(NCc1cccc(F)c1)c1nc2ccccc2n1C(C)C. The van der Waals surface area contributed by atoms with Gasteiger partial charge in [-0.1, -0.05) is 24.3 Å². The molecule has 1 unspecified atom stereocenters. The number of imidazole rings is 1. The van der Waals surface area contributed by atoms with Gasteiger partial charge in [-0.15, -0.1) is 0 Å². The molecule has 1 aromatic heterocycles. The highest BCUT2D eigenvalue weighted by Gasteiger charge is 2.17. The summed E-state index contributed by atoms with van der Waals surface area (Å²) in [5, 5.41) is 3.45. The monoisotopic (exact) mass is 311 g/mol. The molecule has 2 aromatic carbocycles. The van der Waals surface area contributed by atoms with Crippen LogP contribution in [0.3, 0.4) is 0 Å². The van der Waals surface area contributed by atoms with Crippen LogP contribution in [0.15, 0.2) is 48.5 Å². The second kappa shape index (κ2) is 6.50. The Bertz CT molecular complexity index is 807. The number of hydrogen-bond donors (Lipinski definition) is 1. The van der Waals surface area contributed by atoms with Crippen molar-refractivity contribution in [2.24, 2.45) is 0 Å². The zero-order chi connectivity index (χ0) is 16.4. The summed E-state index contributed by atoms with van der Waals surface area (Å²) in [6.45, 7) is 7.04. The van der Waals surface area contributed by atoms with Gasteiger partial charge in [0, 0.05) is 12.6 Å². The average molecular weight is 311 g/mol. The molecule has 0 spiro atoms. The quantitative estimate of drug-likeness (QED) is 0.746. The van der Waals surface area contributed by atoms with Crippen molar-refractivity contribution in [3.8, 4) is 0 Å². The lowest BCUT2D eigenvalue weighted by molar-refractivity contribution is 0.490. The minimum atomic E-state index is -0.202. The van der Waals surface area contributed by atoms with Crippen LogP contribution in [0, 0.1) is 5.82 Å². The summed E-state index contributed by atoms with van der Waals surface area (Å²) in [4.78, 5) is 4.79. The third-order valence-electron chi connectivity index (χ3n) is 4.03. The van der Waals surface area contributed by atoms with Crippen molar-refractivity contribution in [3.63, 3.8) is 0 Å². The van der Waals surface area contributed by atoms with E-state index in [1.54, 1.807) is 12.1 Å². The zero-order valence-electron chi connectivity index (χ0n) is 13.8. The number of halogens is 1. The normalized spacial score (nSPS) is 12.9. The summed E-state index contributed by atoms with van der Waals surface area (Å²) in [5.41, 5.74) is 3.09. The van der Waals surface area contributed by atoms with Gasteiger partial charge in [0.25, 0.3) is 0 Å². The van der Waals surface area contributed by atoms with E-state index in [2.05, 4.69) is 36.7 Å². The van der Waals surface area contributed by atoms with Crippen LogP contribution in [0.5, 0.6) is 0 Å². The maximum Gasteiger partial charge on any atom is 0.127 e. The Morgan fingerprint density at radius 3 is 2.61 bits per heavy atom. The molecular weight excluding hydrogens is 289 g/mol. The number of aromatic nitrogens is 2. The van der Waals surface area contributed by atoms with Crippen LogP contribution in [0.4, 0.5) is 4.39 Å². The fourth-order valence-corrected chi connectivity index (χ4v) is 2.92. The Kier molecular flexibility index (Phi) is 4.44. The zero-order valence-corrected chi connectivity index (χ0v) is 13.8. The first-order valence-corrected chi connectivity index (χ1v) is 8.01. The van der Waals surface area contributed by atoms with E-state index in [9.17, 15) is 4.39 Å². The maximum absolute atomic E-state index is 13.3. The van der Waals surface area contributed by atoms with E-state index in [0.717, 1.165) is 22.4 Å². The first-order chi connectivity index (χ1) is 11.1. The highest BCUT2D eigenvalue weighted by Crippen LogP contribution is 2.25. The van der Waals surface area contributed by atoms with Gasteiger partial charge < -0.3 is 9.88 Å². The molecule has 0 aliphatic carbocycles. The van der Waals surface area contributed by atoms with E-state index in [1.165, 1.54) is 6.07 Å². The summed E-state index contributed by atoms with van der Waals surface area (Å²) in [6.07, 6.45) is 0. The number of nitrogens with zero attached hydrogens (tertiary/aromatic N) is 2. The third-order valence-corrected chi connectivity index (χ3v) is 4.03. The van der Waals surface area contributed by atoms with Crippen LogP contribution >= 0.6 is 0 Å². The molecule has 1 heterocycles. The van der Waals surface area contributed by atoms with Gasteiger partial charge in [-0.3, -0.25) is 0 Å². The largest absolute Gasteiger partial charge is 0.324 e. The Balaban J connectivity index is 1.85. The molecule has 3 aromatic rings. The van der Waals surface area contributed by atoms with Gasteiger partial charge >= 0.3 is 0 Å². The predicted molar refractivity (Wildman–Crippen MR) is 91.8 cm³/mol. The summed E-state index contributed by atoms with van der Waals surface area (Å²) in [7, 11) is 0. The molecular formula is C19H22FN3. The van der Waals surface area contributed by atoms with Crippen LogP contribution in [0.25, 0.3) is 11.0 Å². The number of rotatable bonds is 5. The van der Waals surface area contributed by atoms with E-state index >= 15 is 0 Å². The lowest BCUT2D eigenvalue weighted by Crippen LogP contribution is -2.22. The lowest BCUT2D eigenvalue weighted by Gasteiger charge is -2.19. The minimum Gasteiger partial charge on any atom is -0.324 e. The van der Waals surface area contributed by atoms with Crippen molar-refractivity contribution in [3.05, 3.63) is 65.7 Å². The molecule has 0 amide bonds. The number of benzene rings is 2. The van der Waals surface area contributed by atoms with Gasteiger partial charge in [-0.05, 0) is 50.6 Å². The van der Waals surface area contributed by atoms with Crippen molar-refractivity contribution in [2.75, 3.05) is 0 Å². The van der Waals surface area contributed by atoms with Gasteiger partial charge in [-0.2, -0.15) is 0 Å². The van der Waals surface area contributed by atoms with E-state index in [4.69, 9.17) is 4.98 Å². The molecule has 1 atom stereocenters. The van der Waals surface area contributed by atoms with Gasteiger partial charge in [0.15, 0.2) is 0 Å². The molecule has 120 valence electrons. The smallest absolute Gasteiger partial charge is 0.127 e. The molecule has 23 heavy (non-hydrogen) atoms. The minimum absolute atomic E-state index is 0.0769. The molecule has 4 heteroatoms. The number of hydrogen-bond acceptors (Lipinski definition) is 2. The van der Waals surface area contributed by atoms with Crippen LogP contribution in [0.2, 0.25) is 0 Å². The third kappa shape index (κ3) is 3.27. The number of para-hydroxylation sites is 2. The van der Waals surface area contributed by atoms with Crippen molar-refractivity contribution in [2.45, 2.75) is 39.4 Å². The maximum atomic E-state index is 13.3. The summed E-state index contributed by atoms with van der Waals surface area (Å²) in [6, 6.07) is 15.3. The Hall–Kier alpha value is -2.20. The van der Waals surface area contributed by atoms with E-state index in [1.807, 2.05) is 24.3 Å². The van der Waals surface area contributed by atoms with Gasteiger partial charge in [0.1, 0.15) is 11.6 Å². The predicted octanol–water partition coefficient (Wildman–Crippen LogP) is 4.61. The van der Waals surface area contributed by atoms with Gasteiger partial charge in [-0.25, -0.2) is 9.37 Å². The van der Waals surface area contributed by atoms with Crippen LogP contribution in [-0.4, -0.2) is 9.55 Å². The van der Waals surface area contributed by atoms with Crippen molar-refractivity contribution in [1.82, 2.24) is 14.9 Å². The van der Waals surface area contributed by atoms with Crippen molar-refractivity contribution in [1.29, 1.82) is 0 Å². The topological polar surface area (TPSA) is 29.9 Å². The van der Waals surface area contributed by atoms with Gasteiger partial charge in [0.05, 0.1) is 17.1 Å². The molecule has 0 radical (unpaired) electrons. The van der Waals surface area contributed by atoms with E-state index < -0.39 is 0 Å². The summed E-state index contributed by atoms with van der Waals surface area (Å²) < 4.78 is 15.5. The molecule has 0 saturated carbocycles. The van der Waals surface area contributed by atoms with Crippen molar-refractivity contribution < 1.29 is 4.39 Å². The second-order valence-electron chi connectivity index (χ2n) is 6.15. The van der Waals surface area contributed by atoms with Gasteiger partial charge in [0.2, 0.25) is 0 Å². The van der Waals surface area contributed by atoms with E-state index in [-0.39, 0.29) is 11.9 Å². The van der Waals surface area contributed by atoms with Crippen molar-refractivity contribution >= 4 is 11.0 Å². The van der Waals surface area contributed by atoms with E-state index in [0.29, 0.717) is 12.6 Å². The molecule has 3 nitrogen and oxygen atoms in total. The first-order valence-electron chi connectivity index (χ1n) is 8.01. The Labute approximate surface area is 136 Å². The molecule has 0 fully saturated rings. The summed E-state index contributed by atoms with van der Waals surface area (Å²) in [5.74, 6) is 0.809. The second-order valence-corrected chi connectivity index (χ2v) is 6.15. The summed E-state index contributed by atoms with van der Waals surface area (Å²) >= 11 is 0. The Morgan fingerprint density at radius 2 is 1.87 bits per heavy atom. The average Bonchev–Trinajstić information content (AvgIpc) is 2.92. The first kappa shape index (κ1) is 15.7. The van der Waals surface area contributed by atoms with Crippen LogP contribution in [0.1, 0.15) is 44.2 Å². The molecule has 3 rings (SSSR count). The fourth-order valence-electron chi connectivity index (χ4n) is 2.92. The molecule has 0 bridgehead atoms. The fraction of sp³-hybridized carbons (Fsp3) is 0.316. The molecule has 0 saturated heterocycles. The molecule has 0 aliphatic heterocycles. The lowest BCUT2D eigenvalue weighted by atomic mass is 10.2. The molecule has 1 N–H and O–H groups in total. The number of nitrogens with one attached hydrogen (secondary N) is 1. The van der Waals surface area contributed by atoms with Crippen LogP contribution in [-0.2, 0) is 6.54 Å². The Morgan fingerprint density at radius 1 is 1.09 bits per heavy atom. The van der Waals surface area contributed by atoms with Crippen LogP contribution < -0.4 is 5.32 Å². The number of fused-ring (bicyclic) bond motifs is 1. The highest BCUT2D eigenvalue weighted by atomic mass is 19.1. The standard InChI is InChI=1S/C19H22FN3/c1-13(2)23-18-10-5-4-9-17(18)22-19(23)14(3)21-12-15-7-6-8-16(20)11-15/h4-11,13-14,21H,12H2,1-3H3.